The van der Waals surface area contributed by atoms with Gasteiger partial charge in [0.1, 0.15) is 11.6 Å². The third-order valence-corrected chi connectivity index (χ3v) is 8.81. The van der Waals surface area contributed by atoms with Crippen LogP contribution in [-0.4, -0.2) is 40.8 Å². The Balaban J connectivity index is 1.93. The van der Waals surface area contributed by atoms with Crippen molar-refractivity contribution < 1.29 is 24.2 Å². The van der Waals surface area contributed by atoms with E-state index in [-0.39, 0.29) is 58.8 Å². The second-order valence-corrected chi connectivity index (χ2v) is 11.2. The molecule has 3 unspecified atom stereocenters. The number of carbonyl (C=O) groups excluding carboxylic acids is 2. The fourth-order valence-electron chi connectivity index (χ4n) is 7.28. The van der Waals surface area contributed by atoms with E-state index in [1.807, 2.05) is 27.7 Å². The highest BCUT2D eigenvalue weighted by Crippen LogP contribution is 2.61. The monoisotopic (exact) mass is 392 g/mol. The minimum Gasteiger partial charge on any atom is -0.393 e. The molecule has 5 heteroatoms. The molecule has 0 aromatic heterocycles. The number of ketones is 2. The first kappa shape index (κ1) is 20.5. The molecule has 4 aliphatic rings. The Labute approximate surface area is 168 Å². The molecule has 1 aliphatic heterocycles. The number of Topliss-reactive ketones (excluding diaryl/α,β-unsaturated/α-hetero) is 2. The van der Waals surface area contributed by atoms with Crippen LogP contribution in [0.4, 0.5) is 0 Å². The van der Waals surface area contributed by atoms with Crippen LogP contribution in [0.15, 0.2) is 0 Å². The van der Waals surface area contributed by atoms with Gasteiger partial charge in [0.05, 0.1) is 18.3 Å². The van der Waals surface area contributed by atoms with Crippen molar-refractivity contribution >= 4 is 11.6 Å². The Morgan fingerprint density at radius 1 is 1.04 bits per heavy atom. The first-order chi connectivity index (χ1) is 12.8. The van der Waals surface area contributed by atoms with Gasteiger partial charge in [-0.05, 0) is 38.0 Å². The lowest BCUT2D eigenvalue weighted by Crippen LogP contribution is -2.65. The summed E-state index contributed by atoms with van der Waals surface area (Å²) >= 11 is 0. The van der Waals surface area contributed by atoms with E-state index in [2.05, 4.69) is 20.8 Å². The Bertz CT molecular complexity index is 697. The van der Waals surface area contributed by atoms with Crippen LogP contribution in [-0.2, 0) is 19.1 Å². The molecular weight excluding hydrogens is 356 g/mol. The van der Waals surface area contributed by atoms with Crippen molar-refractivity contribution in [2.45, 2.75) is 91.8 Å². The molecule has 0 amide bonds. The minimum atomic E-state index is -0.749. The van der Waals surface area contributed by atoms with Crippen molar-refractivity contribution in [3.8, 4) is 0 Å². The van der Waals surface area contributed by atoms with Crippen LogP contribution >= 0.6 is 0 Å². The molecule has 3 aliphatic carbocycles. The molecule has 4 fully saturated rings. The maximum absolute atomic E-state index is 14.0. The summed E-state index contributed by atoms with van der Waals surface area (Å²) in [5, 5.41) is 10.6. The van der Waals surface area contributed by atoms with Gasteiger partial charge in [0, 0.05) is 35.5 Å². The van der Waals surface area contributed by atoms with Crippen LogP contribution in [0.25, 0.3) is 0 Å². The summed E-state index contributed by atoms with van der Waals surface area (Å²) in [6.07, 6.45) is 0.729. The van der Waals surface area contributed by atoms with E-state index < -0.39 is 17.3 Å². The molecular formula is C23H36O5. The van der Waals surface area contributed by atoms with Gasteiger partial charge in [-0.1, -0.05) is 34.6 Å². The molecule has 5 nitrogen and oxygen atoms in total. The lowest BCUT2D eigenvalue weighted by atomic mass is 9.46. The molecule has 4 rings (SSSR count). The van der Waals surface area contributed by atoms with Crippen molar-refractivity contribution in [3.63, 3.8) is 0 Å². The van der Waals surface area contributed by atoms with Crippen molar-refractivity contribution in [1.29, 1.82) is 0 Å². The second-order valence-electron chi connectivity index (χ2n) is 11.2. The predicted molar refractivity (Wildman–Crippen MR) is 104 cm³/mol. The molecule has 158 valence electrons. The number of carbonyl (C=O) groups is 2. The first-order valence-corrected chi connectivity index (χ1v) is 10.9. The number of aliphatic hydroxyl groups is 1. The molecule has 1 heterocycles. The van der Waals surface area contributed by atoms with Gasteiger partial charge < -0.3 is 14.6 Å². The molecule has 0 spiro atoms. The number of hydrogen-bond acceptors (Lipinski definition) is 5. The number of hydrogen-bond donors (Lipinski definition) is 1. The Kier molecular flexibility index (Phi) is 4.48. The van der Waals surface area contributed by atoms with E-state index in [9.17, 15) is 14.7 Å². The summed E-state index contributed by atoms with van der Waals surface area (Å²) in [5.74, 6) is -1.47. The zero-order valence-electron chi connectivity index (χ0n) is 18.3. The Morgan fingerprint density at radius 2 is 1.68 bits per heavy atom. The predicted octanol–water partition coefficient (Wildman–Crippen LogP) is 3.37. The topological polar surface area (TPSA) is 72.8 Å². The second kappa shape index (κ2) is 6.12. The van der Waals surface area contributed by atoms with Gasteiger partial charge in [0.25, 0.3) is 0 Å². The highest BCUT2D eigenvalue weighted by atomic mass is 16.8. The highest BCUT2D eigenvalue weighted by molar-refractivity contribution is 5.93. The van der Waals surface area contributed by atoms with E-state index in [0.717, 1.165) is 6.42 Å². The lowest BCUT2D eigenvalue weighted by molar-refractivity contribution is -0.182. The minimum absolute atomic E-state index is 0.0607. The van der Waals surface area contributed by atoms with Crippen molar-refractivity contribution in [3.05, 3.63) is 0 Å². The molecule has 9 atom stereocenters. The summed E-state index contributed by atoms with van der Waals surface area (Å²) in [6, 6.07) is 0. The number of fused-ring (bicyclic) bond motifs is 6. The molecule has 28 heavy (non-hydrogen) atoms. The number of rotatable bonds is 0. The van der Waals surface area contributed by atoms with Crippen molar-refractivity contribution in [2.75, 3.05) is 0 Å². The van der Waals surface area contributed by atoms with E-state index >= 15 is 0 Å². The summed E-state index contributed by atoms with van der Waals surface area (Å²) < 4.78 is 13.0. The van der Waals surface area contributed by atoms with Crippen LogP contribution in [0.1, 0.15) is 67.7 Å². The SMILES string of the molecule is C[C@@H]1C(=O)CC2C(=O)C3[C@H](C)[C@H](O)CC[C@@]3(C)[C@@H]3OC(C)(C)O[C@@H]3C1C2(C)C. The average molecular weight is 393 g/mol. The zero-order valence-corrected chi connectivity index (χ0v) is 18.3. The lowest BCUT2D eigenvalue weighted by Gasteiger charge is -2.58. The molecule has 0 radical (unpaired) electrons. The van der Waals surface area contributed by atoms with E-state index in [1.165, 1.54) is 0 Å². The largest absolute Gasteiger partial charge is 0.393 e. The summed E-state index contributed by atoms with van der Waals surface area (Å²) in [6.45, 7) is 14.2. The fourth-order valence-corrected chi connectivity index (χ4v) is 7.28. The van der Waals surface area contributed by atoms with Crippen molar-refractivity contribution in [1.82, 2.24) is 0 Å². The normalized spacial score (nSPS) is 52.4. The molecule has 1 saturated heterocycles. The van der Waals surface area contributed by atoms with Crippen LogP contribution < -0.4 is 0 Å². The smallest absolute Gasteiger partial charge is 0.163 e. The van der Waals surface area contributed by atoms with Crippen LogP contribution in [0.2, 0.25) is 0 Å². The Morgan fingerprint density at radius 3 is 2.32 bits per heavy atom. The molecule has 0 aromatic carbocycles. The van der Waals surface area contributed by atoms with Gasteiger partial charge in [-0.3, -0.25) is 9.59 Å². The van der Waals surface area contributed by atoms with E-state index in [0.29, 0.717) is 12.8 Å². The fraction of sp³-hybridized carbons (Fsp3) is 0.913. The van der Waals surface area contributed by atoms with Gasteiger partial charge in [-0.15, -0.1) is 0 Å². The van der Waals surface area contributed by atoms with Gasteiger partial charge in [0.15, 0.2) is 5.79 Å². The average Bonchev–Trinajstić information content (AvgIpc) is 2.90. The van der Waals surface area contributed by atoms with Crippen molar-refractivity contribution in [2.24, 2.45) is 40.4 Å². The molecule has 1 N–H and O–H groups in total. The summed E-state index contributed by atoms with van der Waals surface area (Å²) in [5.41, 5.74) is -0.762. The van der Waals surface area contributed by atoms with E-state index in [1.54, 1.807) is 0 Å². The van der Waals surface area contributed by atoms with Gasteiger partial charge in [0.2, 0.25) is 0 Å². The molecule has 0 aromatic rings. The quantitative estimate of drug-likeness (QED) is 0.684. The van der Waals surface area contributed by atoms with Crippen LogP contribution in [0.3, 0.4) is 0 Å². The maximum atomic E-state index is 14.0. The number of aliphatic hydroxyl groups excluding tert-OH is 1. The molecule has 3 saturated carbocycles. The summed E-state index contributed by atoms with van der Waals surface area (Å²) in [4.78, 5) is 26.9. The standard InChI is InChI=1S/C23H36O5/c1-11-14(24)8-9-23(7)16(11)18(26)13-10-15(25)12(2)17(21(13,3)4)19-20(23)28-22(5,6)27-19/h11-14,16-17,19-20,24H,8-10H2,1-7H3/t11-,12-,13?,14-,16?,17?,19-,20-,23-/m1/s1. The first-order valence-electron chi connectivity index (χ1n) is 10.9. The van der Waals surface area contributed by atoms with E-state index in [4.69, 9.17) is 9.47 Å². The molecule has 2 bridgehead atoms. The van der Waals surface area contributed by atoms with Gasteiger partial charge in [-0.25, -0.2) is 0 Å². The third kappa shape index (κ3) is 2.61. The number of ether oxygens (including phenoxy) is 2. The third-order valence-electron chi connectivity index (χ3n) is 8.81. The Hall–Kier alpha value is -0.780. The van der Waals surface area contributed by atoms with Gasteiger partial charge >= 0.3 is 0 Å². The zero-order chi connectivity index (χ0) is 20.8. The van der Waals surface area contributed by atoms with Crippen LogP contribution in [0, 0.1) is 40.4 Å². The van der Waals surface area contributed by atoms with Gasteiger partial charge in [-0.2, -0.15) is 0 Å². The maximum Gasteiger partial charge on any atom is 0.163 e. The highest BCUT2D eigenvalue weighted by Gasteiger charge is 2.67. The van der Waals surface area contributed by atoms with Crippen LogP contribution in [0.5, 0.6) is 0 Å². The summed E-state index contributed by atoms with van der Waals surface area (Å²) in [7, 11) is 0.